The Labute approximate surface area is 222 Å². The second-order valence-corrected chi connectivity index (χ2v) is 9.70. The number of tetrazole rings is 1. The van der Waals surface area contributed by atoms with Crippen LogP contribution in [0.25, 0.3) is 16.8 Å². The molecule has 8 nitrogen and oxygen atoms in total. The van der Waals surface area contributed by atoms with Crippen molar-refractivity contribution in [1.29, 1.82) is 0 Å². The summed E-state index contributed by atoms with van der Waals surface area (Å²) in [5.41, 5.74) is 3.69. The van der Waals surface area contributed by atoms with Gasteiger partial charge in [0.05, 0.1) is 10.6 Å². The quantitative estimate of drug-likeness (QED) is 0.279. The molecule has 4 aromatic carbocycles. The topological polar surface area (TPSA) is 105 Å². The first kappa shape index (κ1) is 23.6. The van der Waals surface area contributed by atoms with E-state index in [4.69, 9.17) is 4.74 Å². The SMILES string of the molecule is O=C1NC(=Nc2ccc(Cc3nn[nH]n3)cc2)S/C1=C/c1cc2ccccc2cc1OCc1ccccc1. The van der Waals surface area contributed by atoms with E-state index in [9.17, 15) is 4.79 Å². The Hall–Kier alpha value is -4.76. The predicted molar refractivity (Wildman–Crippen MR) is 149 cm³/mol. The number of fused-ring (bicyclic) bond motifs is 1. The first-order chi connectivity index (χ1) is 18.7. The molecule has 38 heavy (non-hydrogen) atoms. The first-order valence-corrected chi connectivity index (χ1v) is 12.8. The number of hydrogen-bond acceptors (Lipinski definition) is 7. The van der Waals surface area contributed by atoms with E-state index in [1.807, 2.05) is 84.9 Å². The van der Waals surface area contributed by atoms with Crippen LogP contribution in [0.3, 0.4) is 0 Å². The number of rotatable bonds is 7. The molecule has 0 atom stereocenters. The molecule has 0 unspecified atom stereocenters. The summed E-state index contributed by atoms with van der Waals surface area (Å²) in [5, 5.41) is 19.5. The van der Waals surface area contributed by atoms with Crippen LogP contribution in [0, 0.1) is 0 Å². The third kappa shape index (κ3) is 5.47. The van der Waals surface area contributed by atoms with Crippen LogP contribution in [-0.4, -0.2) is 31.7 Å². The lowest BCUT2D eigenvalue weighted by molar-refractivity contribution is -0.115. The van der Waals surface area contributed by atoms with E-state index in [-0.39, 0.29) is 5.91 Å². The van der Waals surface area contributed by atoms with Crippen molar-refractivity contribution in [3.05, 3.63) is 118 Å². The lowest BCUT2D eigenvalue weighted by atomic mass is 10.1. The number of carbonyl (C=O) groups is 1. The summed E-state index contributed by atoms with van der Waals surface area (Å²) in [4.78, 5) is 18.0. The number of carbonyl (C=O) groups excluding carboxylic acids is 1. The van der Waals surface area contributed by atoms with Crippen LogP contribution in [0.4, 0.5) is 5.69 Å². The second-order valence-electron chi connectivity index (χ2n) is 8.66. The Balaban J connectivity index is 1.23. The van der Waals surface area contributed by atoms with Crippen molar-refractivity contribution in [3.8, 4) is 5.75 Å². The number of aromatic amines is 1. The number of nitrogens with one attached hydrogen (secondary N) is 2. The minimum atomic E-state index is -0.190. The predicted octanol–water partition coefficient (Wildman–Crippen LogP) is 5.41. The Bertz CT molecular complexity index is 1650. The Kier molecular flexibility index (Phi) is 6.65. The van der Waals surface area contributed by atoms with Crippen molar-refractivity contribution in [2.45, 2.75) is 13.0 Å². The lowest BCUT2D eigenvalue weighted by Gasteiger charge is -2.12. The molecule has 5 aromatic rings. The maximum Gasteiger partial charge on any atom is 0.264 e. The van der Waals surface area contributed by atoms with Crippen LogP contribution in [0.2, 0.25) is 0 Å². The maximum atomic E-state index is 12.8. The number of aromatic nitrogens is 4. The van der Waals surface area contributed by atoms with Gasteiger partial charge < -0.3 is 10.1 Å². The van der Waals surface area contributed by atoms with Crippen molar-refractivity contribution in [2.24, 2.45) is 4.99 Å². The molecule has 0 bridgehead atoms. The number of amidine groups is 1. The van der Waals surface area contributed by atoms with Crippen molar-refractivity contribution in [3.63, 3.8) is 0 Å². The minimum Gasteiger partial charge on any atom is -0.488 e. The van der Waals surface area contributed by atoms with E-state index in [0.29, 0.717) is 28.9 Å². The van der Waals surface area contributed by atoms with Gasteiger partial charge in [0.25, 0.3) is 5.91 Å². The average Bonchev–Trinajstić information content (AvgIpc) is 3.58. The van der Waals surface area contributed by atoms with Gasteiger partial charge in [-0.3, -0.25) is 4.79 Å². The smallest absolute Gasteiger partial charge is 0.264 e. The first-order valence-electron chi connectivity index (χ1n) is 12.0. The number of hydrogen-bond donors (Lipinski definition) is 2. The van der Waals surface area contributed by atoms with Crippen molar-refractivity contribution >= 4 is 45.4 Å². The highest BCUT2D eigenvalue weighted by molar-refractivity contribution is 8.18. The molecule has 0 radical (unpaired) electrons. The van der Waals surface area contributed by atoms with Crippen LogP contribution in [0.5, 0.6) is 5.75 Å². The van der Waals surface area contributed by atoms with Gasteiger partial charge in [-0.25, -0.2) is 4.99 Å². The van der Waals surface area contributed by atoms with Crippen molar-refractivity contribution < 1.29 is 9.53 Å². The number of ether oxygens (including phenoxy) is 1. The summed E-state index contributed by atoms with van der Waals surface area (Å²) in [5.74, 6) is 1.15. The second kappa shape index (κ2) is 10.7. The monoisotopic (exact) mass is 518 g/mol. The van der Waals surface area contributed by atoms with Crippen LogP contribution >= 0.6 is 11.8 Å². The third-order valence-corrected chi connectivity index (χ3v) is 6.88. The highest BCUT2D eigenvalue weighted by atomic mass is 32.2. The van der Waals surface area contributed by atoms with E-state index in [1.54, 1.807) is 0 Å². The van der Waals surface area contributed by atoms with E-state index in [2.05, 4.69) is 43.1 Å². The van der Waals surface area contributed by atoms with E-state index >= 15 is 0 Å². The van der Waals surface area contributed by atoms with Crippen LogP contribution in [0.15, 0.2) is 101 Å². The molecule has 9 heteroatoms. The largest absolute Gasteiger partial charge is 0.488 e. The van der Waals surface area contributed by atoms with Gasteiger partial charge in [0.15, 0.2) is 11.0 Å². The number of aliphatic imine (C=N–C) groups is 1. The number of H-pyrrole nitrogens is 1. The minimum absolute atomic E-state index is 0.190. The Morgan fingerprint density at radius 1 is 0.895 bits per heavy atom. The molecular weight excluding hydrogens is 496 g/mol. The standard InChI is InChI=1S/C29H22N6O2S/c36-28-26(38-29(31-28)30-24-12-10-19(11-13-24)14-27-32-34-35-33-27)17-23-15-21-8-4-5-9-22(21)16-25(23)37-18-20-6-2-1-3-7-20/h1-13,15-17H,14,18H2,(H,30,31,36)(H,32,33,34,35)/b26-17+. The van der Waals surface area contributed by atoms with Gasteiger partial charge in [0.2, 0.25) is 0 Å². The molecule has 0 aliphatic carbocycles. The van der Waals surface area contributed by atoms with Gasteiger partial charge in [-0.1, -0.05) is 71.9 Å². The third-order valence-electron chi connectivity index (χ3n) is 5.97. The van der Waals surface area contributed by atoms with Gasteiger partial charge in [0, 0.05) is 12.0 Å². The summed E-state index contributed by atoms with van der Waals surface area (Å²) >= 11 is 1.31. The van der Waals surface area contributed by atoms with Gasteiger partial charge in [-0.05, 0) is 64.0 Å². The highest BCUT2D eigenvalue weighted by Gasteiger charge is 2.24. The lowest BCUT2D eigenvalue weighted by Crippen LogP contribution is -2.19. The Morgan fingerprint density at radius 3 is 2.42 bits per heavy atom. The fourth-order valence-electron chi connectivity index (χ4n) is 4.08. The number of nitrogens with zero attached hydrogens (tertiary/aromatic N) is 4. The van der Waals surface area contributed by atoms with Gasteiger partial charge >= 0.3 is 0 Å². The molecule has 1 amide bonds. The zero-order chi connectivity index (χ0) is 25.7. The van der Waals surface area contributed by atoms with Crippen molar-refractivity contribution in [1.82, 2.24) is 25.9 Å². The fraction of sp³-hybridized carbons (Fsp3) is 0.0690. The van der Waals surface area contributed by atoms with E-state index in [1.165, 1.54) is 11.8 Å². The molecule has 0 saturated carbocycles. The molecule has 6 rings (SSSR count). The summed E-state index contributed by atoms with van der Waals surface area (Å²) in [6, 6.07) is 29.9. The number of amides is 1. The summed E-state index contributed by atoms with van der Waals surface area (Å²) < 4.78 is 6.22. The molecule has 1 aliphatic rings. The molecule has 1 aliphatic heterocycles. The fourth-order valence-corrected chi connectivity index (χ4v) is 4.91. The van der Waals surface area contributed by atoms with Gasteiger partial charge in [-0.15, -0.1) is 10.2 Å². The zero-order valence-electron chi connectivity index (χ0n) is 20.2. The molecule has 1 fully saturated rings. The summed E-state index contributed by atoms with van der Waals surface area (Å²) in [7, 11) is 0. The molecule has 186 valence electrons. The van der Waals surface area contributed by atoms with E-state index < -0.39 is 0 Å². The maximum absolute atomic E-state index is 12.8. The molecule has 1 aromatic heterocycles. The highest BCUT2D eigenvalue weighted by Crippen LogP contribution is 2.33. The van der Waals surface area contributed by atoms with Gasteiger partial charge in [0.1, 0.15) is 12.4 Å². The average molecular weight is 519 g/mol. The summed E-state index contributed by atoms with van der Waals surface area (Å²) in [6.07, 6.45) is 2.44. The van der Waals surface area contributed by atoms with Crippen LogP contribution < -0.4 is 10.1 Å². The van der Waals surface area contributed by atoms with Crippen LogP contribution in [-0.2, 0) is 17.8 Å². The van der Waals surface area contributed by atoms with Gasteiger partial charge in [-0.2, -0.15) is 5.21 Å². The summed E-state index contributed by atoms with van der Waals surface area (Å²) in [6.45, 7) is 0.435. The molecule has 2 N–H and O–H groups in total. The van der Waals surface area contributed by atoms with Crippen LogP contribution in [0.1, 0.15) is 22.5 Å². The molecular formula is C29H22N6O2S. The number of thioether (sulfide) groups is 1. The van der Waals surface area contributed by atoms with Crippen molar-refractivity contribution in [2.75, 3.05) is 0 Å². The molecule has 0 spiro atoms. The molecule has 2 heterocycles. The number of benzene rings is 4. The Morgan fingerprint density at radius 2 is 1.66 bits per heavy atom. The normalized spacial score (nSPS) is 15.3. The molecule has 1 saturated heterocycles. The van der Waals surface area contributed by atoms with E-state index in [0.717, 1.165) is 38.9 Å². The zero-order valence-corrected chi connectivity index (χ0v) is 21.0.